The van der Waals surface area contributed by atoms with E-state index in [-0.39, 0.29) is 22.0 Å². The van der Waals surface area contributed by atoms with Crippen LogP contribution in [0.1, 0.15) is 10.4 Å². The molecular formula is C17H16ClNO5S. The van der Waals surface area contributed by atoms with Gasteiger partial charge in [0.25, 0.3) is 10.0 Å². The molecule has 0 aliphatic heterocycles. The first-order chi connectivity index (χ1) is 11.8. The van der Waals surface area contributed by atoms with E-state index in [1.54, 1.807) is 24.3 Å². The first-order valence-corrected chi connectivity index (χ1v) is 8.93. The van der Waals surface area contributed by atoms with Crippen molar-refractivity contribution in [2.75, 3.05) is 18.0 Å². The summed E-state index contributed by atoms with van der Waals surface area (Å²) in [4.78, 5) is 11.0. The average Bonchev–Trinajstić information content (AvgIpc) is 2.59. The number of carboxylic acids is 1. The normalized spacial score (nSPS) is 11.0. The summed E-state index contributed by atoms with van der Waals surface area (Å²) in [6, 6.07) is 10.0. The fourth-order valence-electron chi connectivity index (χ4n) is 2.16. The highest BCUT2D eigenvalue weighted by atomic mass is 35.5. The molecule has 8 heteroatoms. The van der Waals surface area contributed by atoms with Crippen LogP contribution in [0.4, 0.5) is 5.69 Å². The molecule has 0 aromatic heterocycles. The maximum Gasteiger partial charge on any atom is 0.337 e. The smallest absolute Gasteiger partial charge is 0.337 e. The van der Waals surface area contributed by atoms with Gasteiger partial charge in [-0.25, -0.2) is 13.2 Å². The zero-order chi connectivity index (χ0) is 18.6. The van der Waals surface area contributed by atoms with Crippen LogP contribution in [-0.4, -0.2) is 33.1 Å². The van der Waals surface area contributed by atoms with Gasteiger partial charge < -0.3 is 9.84 Å². The van der Waals surface area contributed by atoms with E-state index in [0.29, 0.717) is 11.4 Å². The lowest BCUT2D eigenvalue weighted by Crippen LogP contribution is -2.31. The summed E-state index contributed by atoms with van der Waals surface area (Å²) in [7, 11) is -2.50. The Morgan fingerprint density at radius 3 is 2.44 bits per heavy atom. The number of nitrogens with zero attached hydrogens (tertiary/aromatic N) is 1. The number of carboxylic acid groups (broad SMARTS) is 1. The van der Waals surface area contributed by atoms with Crippen LogP contribution in [0.2, 0.25) is 5.02 Å². The minimum Gasteiger partial charge on any atom is -0.497 e. The van der Waals surface area contributed by atoms with Crippen molar-refractivity contribution in [2.24, 2.45) is 0 Å². The molecule has 6 nitrogen and oxygen atoms in total. The van der Waals surface area contributed by atoms with Crippen LogP contribution in [0.3, 0.4) is 0 Å². The van der Waals surface area contributed by atoms with Gasteiger partial charge in [0, 0.05) is 0 Å². The van der Waals surface area contributed by atoms with Gasteiger partial charge in [0.05, 0.1) is 34.8 Å². The average molecular weight is 382 g/mol. The third-order valence-corrected chi connectivity index (χ3v) is 5.53. The largest absolute Gasteiger partial charge is 0.497 e. The molecule has 0 aliphatic carbocycles. The van der Waals surface area contributed by atoms with Crippen molar-refractivity contribution >= 4 is 33.3 Å². The van der Waals surface area contributed by atoms with Crippen LogP contribution >= 0.6 is 11.6 Å². The third kappa shape index (κ3) is 3.94. The quantitative estimate of drug-likeness (QED) is 0.743. The number of aromatic carboxylic acids is 1. The number of hydrogen-bond donors (Lipinski definition) is 1. The molecule has 0 heterocycles. The minimum absolute atomic E-state index is 0.0136. The molecule has 0 fully saturated rings. The Balaban J connectivity index is 2.54. The molecule has 132 valence electrons. The van der Waals surface area contributed by atoms with E-state index in [4.69, 9.17) is 21.4 Å². The Kier molecular flexibility index (Phi) is 5.71. The number of rotatable bonds is 7. The van der Waals surface area contributed by atoms with E-state index in [2.05, 4.69) is 6.58 Å². The van der Waals surface area contributed by atoms with E-state index in [9.17, 15) is 13.2 Å². The summed E-state index contributed by atoms with van der Waals surface area (Å²) < 4.78 is 32.1. The standard InChI is InChI=1S/C17H16ClNO5S/c1-3-10-19(12-4-6-13(24-2)7-5-12)25(22,23)14-8-9-16(18)15(11-14)17(20)21/h3-9,11H,1,10H2,2H3,(H,20,21). The van der Waals surface area contributed by atoms with Crippen LogP contribution in [0, 0.1) is 0 Å². The van der Waals surface area contributed by atoms with Crippen molar-refractivity contribution < 1.29 is 23.1 Å². The van der Waals surface area contributed by atoms with Crippen molar-refractivity contribution in [3.63, 3.8) is 0 Å². The number of hydrogen-bond acceptors (Lipinski definition) is 4. The lowest BCUT2D eigenvalue weighted by Gasteiger charge is -2.23. The van der Waals surface area contributed by atoms with Crippen LogP contribution in [0.5, 0.6) is 5.75 Å². The minimum atomic E-state index is -4.01. The zero-order valence-electron chi connectivity index (χ0n) is 13.3. The Hall–Kier alpha value is -2.51. The molecule has 25 heavy (non-hydrogen) atoms. The van der Waals surface area contributed by atoms with E-state index in [1.165, 1.54) is 25.3 Å². The number of sulfonamides is 1. The van der Waals surface area contributed by atoms with Crippen LogP contribution in [0.15, 0.2) is 60.0 Å². The molecule has 1 N–H and O–H groups in total. The monoisotopic (exact) mass is 381 g/mol. The topological polar surface area (TPSA) is 83.9 Å². The Bertz CT molecular complexity index is 894. The van der Waals surface area contributed by atoms with E-state index in [1.807, 2.05) is 0 Å². The maximum absolute atomic E-state index is 13.0. The van der Waals surface area contributed by atoms with Gasteiger partial charge in [-0.1, -0.05) is 17.7 Å². The lowest BCUT2D eigenvalue weighted by molar-refractivity contribution is 0.0697. The number of carbonyl (C=O) groups is 1. The molecule has 0 aliphatic rings. The van der Waals surface area contributed by atoms with Crippen molar-refractivity contribution in [2.45, 2.75) is 4.90 Å². The molecule has 0 bridgehead atoms. The van der Waals surface area contributed by atoms with Crippen LogP contribution in [-0.2, 0) is 10.0 Å². The predicted molar refractivity (Wildman–Crippen MR) is 96.1 cm³/mol. The van der Waals surface area contributed by atoms with Crippen LogP contribution in [0.25, 0.3) is 0 Å². The van der Waals surface area contributed by atoms with Gasteiger partial charge in [-0.15, -0.1) is 6.58 Å². The highest BCUT2D eigenvalue weighted by Gasteiger charge is 2.26. The SMILES string of the molecule is C=CCN(c1ccc(OC)cc1)S(=O)(=O)c1ccc(Cl)c(C(=O)O)c1. The molecule has 0 atom stereocenters. The predicted octanol–water partition coefficient (Wildman–Crippen LogP) is 3.43. The van der Waals surface area contributed by atoms with Crippen molar-refractivity contribution in [1.82, 2.24) is 0 Å². The molecule has 0 radical (unpaired) electrons. The highest BCUT2D eigenvalue weighted by Crippen LogP contribution is 2.28. The molecule has 2 rings (SSSR count). The molecule has 2 aromatic carbocycles. The number of halogens is 1. The Morgan fingerprint density at radius 1 is 1.28 bits per heavy atom. The number of ether oxygens (including phenoxy) is 1. The van der Waals surface area contributed by atoms with Gasteiger partial charge in [0.15, 0.2) is 0 Å². The summed E-state index contributed by atoms with van der Waals surface area (Å²) in [5, 5.41) is 9.11. The number of methoxy groups -OCH3 is 1. The first-order valence-electron chi connectivity index (χ1n) is 7.11. The highest BCUT2D eigenvalue weighted by molar-refractivity contribution is 7.92. The maximum atomic E-state index is 13.0. The van der Waals surface area contributed by atoms with Gasteiger partial charge in [-0.2, -0.15) is 0 Å². The van der Waals surface area contributed by atoms with E-state index in [0.717, 1.165) is 10.4 Å². The van der Waals surface area contributed by atoms with Gasteiger partial charge in [0.2, 0.25) is 0 Å². The second kappa shape index (κ2) is 7.58. The van der Waals surface area contributed by atoms with E-state index >= 15 is 0 Å². The third-order valence-electron chi connectivity index (χ3n) is 3.41. The summed E-state index contributed by atoms with van der Waals surface area (Å²) in [5.74, 6) is -0.721. The molecular weight excluding hydrogens is 366 g/mol. The molecule has 0 unspecified atom stereocenters. The van der Waals surface area contributed by atoms with Gasteiger partial charge in [-0.3, -0.25) is 4.31 Å². The van der Waals surface area contributed by atoms with Crippen molar-refractivity contribution in [3.05, 3.63) is 65.7 Å². The molecule has 0 spiro atoms. The molecule has 0 amide bonds. The lowest BCUT2D eigenvalue weighted by atomic mass is 10.2. The molecule has 0 saturated carbocycles. The fraction of sp³-hybridized carbons (Fsp3) is 0.118. The van der Waals surface area contributed by atoms with Gasteiger partial charge >= 0.3 is 5.97 Å². The van der Waals surface area contributed by atoms with Crippen molar-refractivity contribution in [3.8, 4) is 5.75 Å². The van der Waals surface area contributed by atoms with E-state index < -0.39 is 16.0 Å². The van der Waals surface area contributed by atoms with Gasteiger partial charge in [-0.05, 0) is 42.5 Å². The van der Waals surface area contributed by atoms with Crippen LogP contribution < -0.4 is 9.04 Å². The Morgan fingerprint density at radius 2 is 1.92 bits per heavy atom. The number of benzene rings is 2. The summed E-state index contributed by atoms with van der Waals surface area (Å²) in [6.07, 6.45) is 1.44. The second-order valence-electron chi connectivity index (χ2n) is 4.97. The second-order valence-corrected chi connectivity index (χ2v) is 7.24. The number of anilines is 1. The fourth-order valence-corrected chi connectivity index (χ4v) is 3.82. The summed E-state index contributed by atoms with van der Waals surface area (Å²) >= 11 is 5.81. The first kappa shape index (κ1) is 18.8. The molecule has 2 aromatic rings. The van der Waals surface area contributed by atoms with Gasteiger partial charge in [0.1, 0.15) is 5.75 Å². The molecule has 0 saturated heterocycles. The summed E-state index contributed by atoms with van der Waals surface area (Å²) in [6.45, 7) is 3.59. The van der Waals surface area contributed by atoms with Crippen molar-refractivity contribution in [1.29, 1.82) is 0 Å². The Labute approximate surface area is 151 Å². The zero-order valence-corrected chi connectivity index (χ0v) is 14.9. The summed E-state index contributed by atoms with van der Waals surface area (Å²) in [5.41, 5.74) is 0.114.